The van der Waals surface area contributed by atoms with Crippen molar-refractivity contribution in [2.24, 2.45) is 0 Å². The zero-order valence-corrected chi connectivity index (χ0v) is 19.8. The summed E-state index contributed by atoms with van der Waals surface area (Å²) < 4.78 is 46.2. The lowest BCUT2D eigenvalue weighted by Gasteiger charge is -2.28. The lowest BCUT2D eigenvalue weighted by Crippen LogP contribution is -2.49. The highest BCUT2D eigenvalue weighted by atomic mass is 32.2. The fourth-order valence-corrected chi connectivity index (χ4v) is 4.89. The number of amides is 2. The van der Waals surface area contributed by atoms with E-state index < -0.39 is 15.7 Å². The van der Waals surface area contributed by atoms with E-state index in [1.54, 1.807) is 9.47 Å². The van der Waals surface area contributed by atoms with Crippen LogP contribution in [0.4, 0.5) is 9.18 Å². The van der Waals surface area contributed by atoms with Gasteiger partial charge in [-0.25, -0.2) is 22.6 Å². The molecule has 10 heteroatoms. The Hall–Kier alpha value is -2.46. The summed E-state index contributed by atoms with van der Waals surface area (Å²) in [4.78, 5) is 18.8. The van der Waals surface area contributed by atoms with Crippen molar-refractivity contribution in [1.29, 1.82) is 0 Å². The summed E-state index contributed by atoms with van der Waals surface area (Å²) in [6.45, 7) is 6.56. The van der Waals surface area contributed by atoms with Gasteiger partial charge in [0.05, 0.1) is 30.8 Å². The Balaban J connectivity index is 1.88. The molecule has 8 nitrogen and oxygen atoms in total. The van der Waals surface area contributed by atoms with Gasteiger partial charge < -0.3 is 19.5 Å². The van der Waals surface area contributed by atoms with Crippen LogP contribution < -0.4 is 5.32 Å². The number of rotatable bonds is 9. The van der Waals surface area contributed by atoms with E-state index in [4.69, 9.17) is 4.74 Å². The molecular weight excluding hydrogens is 435 g/mol. The molecule has 1 aromatic heterocycles. The van der Waals surface area contributed by atoms with Gasteiger partial charge in [0.25, 0.3) is 0 Å². The van der Waals surface area contributed by atoms with Crippen molar-refractivity contribution < 1.29 is 22.3 Å². The minimum absolute atomic E-state index is 0.0825. The predicted octanol–water partition coefficient (Wildman–Crippen LogP) is 3.12. The second-order valence-electron chi connectivity index (χ2n) is 9.10. The van der Waals surface area contributed by atoms with Gasteiger partial charge in [-0.3, -0.25) is 0 Å². The van der Waals surface area contributed by atoms with Crippen molar-refractivity contribution in [2.45, 2.75) is 69.2 Å². The molecule has 32 heavy (non-hydrogen) atoms. The molecular formula is C22H31FN4O4S. The van der Waals surface area contributed by atoms with Crippen molar-refractivity contribution in [3.63, 3.8) is 0 Å². The van der Waals surface area contributed by atoms with Crippen molar-refractivity contribution in [1.82, 2.24) is 19.8 Å². The molecule has 0 atom stereocenters. The largest absolute Gasteiger partial charge is 0.383 e. The molecule has 0 unspecified atom stereocenters. The Morgan fingerprint density at radius 3 is 2.50 bits per heavy atom. The quantitative estimate of drug-likeness (QED) is 0.613. The van der Waals surface area contributed by atoms with Crippen LogP contribution >= 0.6 is 0 Å². The maximum Gasteiger partial charge on any atom is 0.318 e. The van der Waals surface area contributed by atoms with Gasteiger partial charge in [-0.15, -0.1) is 0 Å². The van der Waals surface area contributed by atoms with Crippen LogP contribution in [-0.4, -0.2) is 54.2 Å². The maximum absolute atomic E-state index is 13.2. The first-order valence-corrected chi connectivity index (χ1v) is 12.2. The molecule has 1 aromatic carbocycles. The van der Waals surface area contributed by atoms with E-state index in [-0.39, 0.29) is 41.6 Å². The molecule has 1 N–H and O–H groups in total. The van der Waals surface area contributed by atoms with Crippen LogP contribution in [0.25, 0.3) is 0 Å². The first-order valence-electron chi connectivity index (χ1n) is 10.6. The van der Waals surface area contributed by atoms with Crippen molar-refractivity contribution >= 4 is 15.9 Å². The van der Waals surface area contributed by atoms with Gasteiger partial charge in [0, 0.05) is 25.2 Å². The van der Waals surface area contributed by atoms with Crippen LogP contribution in [0.1, 0.15) is 44.9 Å². The molecule has 0 spiro atoms. The van der Waals surface area contributed by atoms with Gasteiger partial charge in [0.2, 0.25) is 15.0 Å². The van der Waals surface area contributed by atoms with E-state index >= 15 is 0 Å². The summed E-state index contributed by atoms with van der Waals surface area (Å²) in [6.07, 6.45) is 3.34. The normalized spacial score (nSPS) is 14.4. The van der Waals surface area contributed by atoms with E-state index in [9.17, 15) is 17.6 Å². The Labute approximate surface area is 188 Å². The number of ether oxygens (including phenoxy) is 1. The van der Waals surface area contributed by atoms with E-state index in [0.717, 1.165) is 12.8 Å². The van der Waals surface area contributed by atoms with E-state index in [1.165, 1.54) is 37.6 Å². The summed E-state index contributed by atoms with van der Waals surface area (Å²) in [7, 11) is -2.26. The number of imidazole rings is 1. The van der Waals surface area contributed by atoms with Gasteiger partial charge in [0.15, 0.2) is 0 Å². The van der Waals surface area contributed by atoms with Crippen LogP contribution in [-0.2, 0) is 33.4 Å². The van der Waals surface area contributed by atoms with E-state index in [1.807, 2.05) is 20.8 Å². The molecule has 0 saturated heterocycles. The number of aromatic nitrogens is 2. The minimum atomic E-state index is -3.80. The molecule has 176 valence electrons. The van der Waals surface area contributed by atoms with Gasteiger partial charge in [-0.05, 0) is 51.3 Å². The zero-order chi connectivity index (χ0) is 23.5. The summed E-state index contributed by atoms with van der Waals surface area (Å²) in [5.41, 5.74) is 0.707. The first kappa shape index (κ1) is 24.2. The van der Waals surface area contributed by atoms with Gasteiger partial charge >= 0.3 is 6.03 Å². The number of sulfone groups is 1. The van der Waals surface area contributed by atoms with Gasteiger partial charge in [-0.1, -0.05) is 12.1 Å². The Morgan fingerprint density at radius 2 is 1.94 bits per heavy atom. The van der Waals surface area contributed by atoms with Crippen LogP contribution in [0.15, 0.2) is 35.6 Å². The standard InChI is InChI=1S/C22H31FN4O4S/c1-22(2,3)25-20(28)27(18-9-10-18)14-19-13-24-21(26(19)11-12-31-4)32(29,30)15-16-5-7-17(23)8-6-16/h5-8,13,18H,9-12,14-15H2,1-4H3,(H,25,28). The fourth-order valence-electron chi connectivity index (χ4n) is 3.37. The first-order chi connectivity index (χ1) is 15.0. The van der Waals surface area contributed by atoms with Crippen LogP contribution in [0, 0.1) is 5.82 Å². The SMILES string of the molecule is COCCn1c(CN(C(=O)NC(C)(C)C)C2CC2)cnc1S(=O)(=O)Cc1ccc(F)cc1. The molecule has 0 aliphatic heterocycles. The molecule has 0 bridgehead atoms. The molecule has 1 heterocycles. The second kappa shape index (κ2) is 9.58. The lowest BCUT2D eigenvalue weighted by molar-refractivity contribution is 0.174. The molecule has 0 radical (unpaired) electrons. The molecule has 1 saturated carbocycles. The highest BCUT2D eigenvalue weighted by Gasteiger charge is 2.35. The molecule has 1 aliphatic carbocycles. The average molecular weight is 467 g/mol. The zero-order valence-electron chi connectivity index (χ0n) is 19.0. The topological polar surface area (TPSA) is 93.5 Å². The highest BCUT2D eigenvalue weighted by molar-refractivity contribution is 7.90. The second-order valence-corrected chi connectivity index (χ2v) is 11.0. The van der Waals surface area contributed by atoms with Crippen LogP contribution in [0.2, 0.25) is 0 Å². The van der Waals surface area contributed by atoms with Gasteiger partial charge in [-0.2, -0.15) is 0 Å². The number of nitrogens with one attached hydrogen (secondary N) is 1. The van der Waals surface area contributed by atoms with Crippen LogP contribution in [0.3, 0.4) is 0 Å². The molecule has 3 rings (SSSR count). The summed E-state index contributed by atoms with van der Waals surface area (Å²) in [5, 5.41) is 2.90. The maximum atomic E-state index is 13.2. The van der Waals surface area contributed by atoms with E-state index in [2.05, 4.69) is 10.3 Å². The van der Waals surface area contributed by atoms with Crippen molar-refractivity contribution in [3.8, 4) is 0 Å². The number of benzene rings is 1. The number of halogens is 1. The number of hydrogen-bond donors (Lipinski definition) is 1. The molecule has 1 aliphatic rings. The van der Waals surface area contributed by atoms with Crippen molar-refractivity contribution in [3.05, 3.63) is 47.5 Å². The Bertz CT molecular complexity index is 1040. The highest BCUT2D eigenvalue weighted by Crippen LogP contribution is 2.29. The predicted molar refractivity (Wildman–Crippen MR) is 118 cm³/mol. The summed E-state index contributed by atoms with van der Waals surface area (Å²) in [5.74, 6) is -0.725. The molecule has 2 amide bonds. The van der Waals surface area contributed by atoms with Crippen LogP contribution in [0.5, 0.6) is 0 Å². The third kappa shape index (κ3) is 6.29. The number of urea groups is 1. The third-order valence-electron chi connectivity index (χ3n) is 5.03. The van der Waals surface area contributed by atoms with Gasteiger partial charge in [0.1, 0.15) is 5.82 Å². The monoisotopic (exact) mass is 466 g/mol. The number of methoxy groups -OCH3 is 1. The number of hydrogen-bond acceptors (Lipinski definition) is 5. The number of nitrogens with zero attached hydrogens (tertiary/aromatic N) is 3. The number of carbonyl (C=O) groups excluding carboxylic acids is 1. The smallest absolute Gasteiger partial charge is 0.318 e. The Kier molecular flexibility index (Phi) is 7.24. The van der Waals surface area contributed by atoms with E-state index in [0.29, 0.717) is 17.9 Å². The number of carbonyl (C=O) groups is 1. The Morgan fingerprint density at radius 1 is 1.28 bits per heavy atom. The molecule has 1 fully saturated rings. The lowest BCUT2D eigenvalue weighted by atomic mass is 10.1. The van der Waals surface area contributed by atoms with Crippen molar-refractivity contribution in [2.75, 3.05) is 13.7 Å². The fraction of sp³-hybridized carbons (Fsp3) is 0.545. The summed E-state index contributed by atoms with van der Waals surface area (Å²) >= 11 is 0. The average Bonchev–Trinajstić information content (AvgIpc) is 3.44. The molecule has 2 aromatic rings. The minimum Gasteiger partial charge on any atom is -0.383 e. The third-order valence-corrected chi connectivity index (χ3v) is 6.63. The summed E-state index contributed by atoms with van der Waals surface area (Å²) in [6, 6.07) is 5.30.